The number of rotatable bonds is 6. The first kappa shape index (κ1) is 20.9. The molecule has 1 aliphatic rings. The summed E-state index contributed by atoms with van der Waals surface area (Å²) < 4.78 is 0. The smallest absolute Gasteiger partial charge is 0.308 e. The van der Waals surface area contributed by atoms with Crippen molar-refractivity contribution in [1.29, 1.82) is 0 Å². The summed E-state index contributed by atoms with van der Waals surface area (Å²) in [6, 6.07) is 5.11. The van der Waals surface area contributed by atoms with Crippen LogP contribution in [0, 0.1) is 18.8 Å². The maximum absolute atomic E-state index is 12.7. The van der Waals surface area contributed by atoms with Crippen molar-refractivity contribution in [3.8, 4) is 0 Å². The number of nitrogens with one attached hydrogen (secondary N) is 2. The number of carboxylic acid groups (broad SMARTS) is 1. The van der Waals surface area contributed by atoms with Gasteiger partial charge in [-0.15, -0.1) is 0 Å². The van der Waals surface area contributed by atoms with E-state index in [0.29, 0.717) is 30.5 Å². The molecule has 1 aromatic rings. The predicted octanol–water partition coefficient (Wildman–Crippen LogP) is 3.74. The number of carbonyl (C=O) groups excluding carboxylic acids is 2. The van der Waals surface area contributed by atoms with E-state index in [2.05, 4.69) is 10.6 Å². The Hall–Kier alpha value is -2.37. The van der Waals surface area contributed by atoms with Crippen molar-refractivity contribution in [2.75, 3.05) is 5.32 Å². The summed E-state index contributed by atoms with van der Waals surface area (Å²) in [6.45, 7) is 7.62. The normalized spacial score (nSPS) is 22.3. The van der Waals surface area contributed by atoms with Crippen LogP contribution < -0.4 is 10.6 Å². The maximum atomic E-state index is 12.7. The number of anilines is 1. The highest BCUT2D eigenvalue weighted by Gasteiger charge is 2.42. The summed E-state index contributed by atoms with van der Waals surface area (Å²) in [4.78, 5) is 36.3. The Morgan fingerprint density at radius 2 is 1.96 bits per heavy atom. The molecule has 2 atom stereocenters. The molecule has 0 aliphatic heterocycles. The molecule has 27 heavy (non-hydrogen) atoms. The second kappa shape index (κ2) is 8.55. The van der Waals surface area contributed by atoms with Crippen molar-refractivity contribution in [3.63, 3.8) is 0 Å². The Morgan fingerprint density at radius 3 is 2.56 bits per heavy atom. The van der Waals surface area contributed by atoms with Crippen LogP contribution in [0.15, 0.2) is 18.2 Å². The molecule has 1 aromatic carbocycles. The highest BCUT2D eigenvalue weighted by Crippen LogP contribution is 2.34. The average Bonchev–Trinajstić information content (AvgIpc) is 2.55. The Balaban J connectivity index is 2.11. The topological polar surface area (TPSA) is 95.5 Å². The first-order chi connectivity index (χ1) is 12.6. The summed E-state index contributed by atoms with van der Waals surface area (Å²) in [5.41, 5.74) is 1.19. The van der Waals surface area contributed by atoms with Crippen LogP contribution in [0.2, 0.25) is 0 Å². The Kier molecular flexibility index (Phi) is 6.63. The number of aliphatic carboxylic acids is 1. The summed E-state index contributed by atoms with van der Waals surface area (Å²) in [5, 5.41) is 15.3. The average molecular weight is 374 g/mol. The monoisotopic (exact) mass is 374 g/mol. The largest absolute Gasteiger partial charge is 0.481 e. The van der Waals surface area contributed by atoms with E-state index in [1.807, 2.05) is 27.7 Å². The third kappa shape index (κ3) is 5.31. The van der Waals surface area contributed by atoms with E-state index in [1.54, 1.807) is 18.2 Å². The minimum absolute atomic E-state index is 0.0516. The van der Waals surface area contributed by atoms with Crippen LogP contribution in [0.4, 0.5) is 5.69 Å². The van der Waals surface area contributed by atoms with Crippen molar-refractivity contribution in [3.05, 3.63) is 29.3 Å². The number of amides is 2. The molecule has 1 aliphatic carbocycles. The molecule has 6 heteroatoms. The summed E-state index contributed by atoms with van der Waals surface area (Å²) in [6.07, 6.45) is 3.44. The van der Waals surface area contributed by atoms with Gasteiger partial charge in [-0.05, 0) is 56.4 Å². The Bertz CT molecular complexity index is 729. The second-order valence-corrected chi connectivity index (χ2v) is 8.18. The van der Waals surface area contributed by atoms with E-state index < -0.39 is 17.4 Å². The van der Waals surface area contributed by atoms with Gasteiger partial charge >= 0.3 is 5.97 Å². The van der Waals surface area contributed by atoms with E-state index in [9.17, 15) is 19.5 Å². The lowest BCUT2D eigenvalue weighted by molar-refractivity contribution is -0.145. The van der Waals surface area contributed by atoms with Crippen molar-refractivity contribution in [1.82, 2.24) is 5.32 Å². The summed E-state index contributed by atoms with van der Waals surface area (Å²) in [7, 11) is 0. The number of carboxylic acids is 1. The third-order valence-corrected chi connectivity index (χ3v) is 5.26. The molecule has 6 nitrogen and oxygen atoms in total. The highest BCUT2D eigenvalue weighted by molar-refractivity contribution is 5.97. The van der Waals surface area contributed by atoms with Gasteiger partial charge in [0.15, 0.2) is 0 Å². The summed E-state index contributed by atoms with van der Waals surface area (Å²) in [5.74, 6) is -1.50. The van der Waals surface area contributed by atoms with Crippen LogP contribution in [0.5, 0.6) is 0 Å². The molecular weight excluding hydrogens is 344 g/mol. The fourth-order valence-corrected chi connectivity index (χ4v) is 3.73. The molecule has 0 spiro atoms. The molecule has 1 fully saturated rings. The van der Waals surface area contributed by atoms with Gasteiger partial charge in [-0.3, -0.25) is 14.4 Å². The Morgan fingerprint density at radius 1 is 1.26 bits per heavy atom. The fourth-order valence-electron chi connectivity index (χ4n) is 3.73. The zero-order chi connectivity index (χ0) is 20.2. The van der Waals surface area contributed by atoms with Crippen LogP contribution >= 0.6 is 0 Å². The van der Waals surface area contributed by atoms with Gasteiger partial charge in [0.25, 0.3) is 5.91 Å². The maximum Gasteiger partial charge on any atom is 0.308 e. The second-order valence-electron chi connectivity index (χ2n) is 8.18. The molecule has 1 saturated carbocycles. The number of hydrogen-bond donors (Lipinski definition) is 3. The SMILES string of the molecule is Cc1cc(C(=O)NC2(C)CCCCC2C(=O)O)ccc1NC(=O)CC(C)C. The quantitative estimate of drug-likeness (QED) is 0.707. The summed E-state index contributed by atoms with van der Waals surface area (Å²) >= 11 is 0. The lowest BCUT2D eigenvalue weighted by Gasteiger charge is -2.39. The van der Waals surface area contributed by atoms with Gasteiger partial charge in [0, 0.05) is 17.7 Å². The van der Waals surface area contributed by atoms with Crippen LogP contribution in [-0.2, 0) is 9.59 Å². The third-order valence-electron chi connectivity index (χ3n) is 5.26. The van der Waals surface area contributed by atoms with Crippen molar-refractivity contribution >= 4 is 23.5 Å². The molecule has 3 N–H and O–H groups in total. The van der Waals surface area contributed by atoms with Gasteiger partial charge < -0.3 is 15.7 Å². The molecule has 0 saturated heterocycles. The van der Waals surface area contributed by atoms with E-state index in [4.69, 9.17) is 0 Å². The lowest BCUT2D eigenvalue weighted by Crippen LogP contribution is -2.55. The molecule has 148 valence electrons. The molecule has 0 bridgehead atoms. The molecule has 2 rings (SSSR count). The zero-order valence-electron chi connectivity index (χ0n) is 16.6. The number of aryl methyl sites for hydroxylation is 1. The zero-order valence-corrected chi connectivity index (χ0v) is 16.6. The standard InChI is InChI=1S/C21H30N2O4/c1-13(2)11-18(24)22-17-9-8-15(12-14(17)3)19(25)23-21(4)10-6-5-7-16(21)20(26)27/h8-9,12-13,16H,5-7,10-11H2,1-4H3,(H,22,24)(H,23,25)(H,26,27). The molecule has 2 unspecified atom stereocenters. The minimum atomic E-state index is -0.864. The number of carbonyl (C=O) groups is 3. The van der Waals surface area contributed by atoms with Crippen molar-refractivity contribution < 1.29 is 19.5 Å². The molecule has 2 amide bonds. The van der Waals surface area contributed by atoms with Gasteiger partial charge in [-0.25, -0.2) is 0 Å². The van der Waals surface area contributed by atoms with E-state index in [1.165, 1.54) is 0 Å². The van der Waals surface area contributed by atoms with Gasteiger partial charge in [0.2, 0.25) is 5.91 Å². The van der Waals surface area contributed by atoms with Crippen LogP contribution in [0.3, 0.4) is 0 Å². The number of hydrogen-bond acceptors (Lipinski definition) is 3. The van der Waals surface area contributed by atoms with Crippen LogP contribution in [0.1, 0.15) is 68.8 Å². The fraction of sp³-hybridized carbons (Fsp3) is 0.571. The van der Waals surface area contributed by atoms with Crippen molar-refractivity contribution in [2.45, 2.75) is 65.3 Å². The molecule has 0 heterocycles. The lowest BCUT2D eigenvalue weighted by atomic mass is 9.73. The first-order valence-electron chi connectivity index (χ1n) is 9.58. The predicted molar refractivity (Wildman–Crippen MR) is 105 cm³/mol. The van der Waals surface area contributed by atoms with Gasteiger partial charge in [0.05, 0.1) is 11.5 Å². The van der Waals surface area contributed by atoms with Gasteiger partial charge in [-0.1, -0.05) is 26.7 Å². The molecule has 0 aromatic heterocycles. The van der Waals surface area contributed by atoms with Crippen LogP contribution in [-0.4, -0.2) is 28.4 Å². The van der Waals surface area contributed by atoms with Crippen molar-refractivity contribution in [2.24, 2.45) is 11.8 Å². The van der Waals surface area contributed by atoms with E-state index in [-0.39, 0.29) is 17.7 Å². The first-order valence-corrected chi connectivity index (χ1v) is 9.58. The highest BCUT2D eigenvalue weighted by atomic mass is 16.4. The van der Waals surface area contributed by atoms with E-state index >= 15 is 0 Å². The molecule has 0 radical (unpaired) electrons. The van der Waals surface area contributed by atoms with Gasteiger partial charge in [-0.2, -0.15) is 0 Å². The molecular formula is C21H30N2O4. The minimum Gasteiger partial charge on any atom is -0.481 e. The van der Waals surface area contributed by atoms with Crippen LogP contribution in [0.25, 0.3) is 0 Å². The van der Waals surface area contributed by atoms with E-state index in [0.717, 1.165) is 18.4 Å². The van der Waals surface area contributed by atoms with Gasteiger partial charge in [0.1, 0.15) is 0 Å². The number of benzene rings is 1. The Labute approximate surface area is 160 Å².